The Balaban J connectivity index is 1.95. The molecule has 0 aliphatic rings. The minimum Gasteiger partial charge on any atom is -0.508 e. The smallest absolute Gasteiger partial charge is 0.255 e. The van der Waals surface area contributed by atoms with Gasteiger partial charge in [0.05, 0.1) is 0 Å². The highest BCUT2D eigenvalue weighted by molar-refractivity contribution is 6.04. The van der Waals surface area contributed by atoms with Crippen molar-refractivity contribution in [2.75, 3.05) is 5.32 Å². The molecule has 0 atom stereocenters. The summed E-state index contributed by atoms with van der Waals surface area (Å²) in [6, 6.07) is 13.0. The van der Waals surface area contributed by atoms with E-state index < -0.39 is 0 Å². The topological polar surface area (TPSA) is 66.4 Å². The van der Waals surface area contributed by atoms with Crippen molar-refractivity contribution in [1.29, 1.82) is 0 Å². The standard InChI is InChI=1S/C19H21NO3/c1-2-3-4-5-18(22)14-6-10-16(11-7-14)20-19(23)15-8-12-17(21)13-9-15/h6-13,21H,2-5H2,1H3,(H,20,23). The molecule has 4 nitrogen and oxygen atoms in total. The third-order valence-corrected chi connectivity index (χ3v) is 3.60. The molecule has 2 aromatic rings. The molecule has 0 aliphatic heterocycles. The fraction of sp³-hybridized carbons (Fsp3) is 0.263. The van der Waals surface area contributed by atoms with Crippen molar-refractivity contribution in [3.63, 3.8) is 0 Å². The number of nitrogens with one attached hydrogen (secondary N) is 1. The maximum atomic E-state index is 12.1. The molecule has 1 amide bonds. The molecule has 2 aromatic carbocycles. The molecule has 120 valence electrons. The van der Waals surface area contributed by atoms with Crippen LogP contribution in [-0.2, 0) is 0 Å². The first-order chi connectivity index (χ1) is 11.1. The van der Waals surface area contributed by atoms with E-state index in [-0.39, 0.29) is 17.4 Å². The van der Waals surface area contributed by atoms with Crippen molar-refractivity contribution >= 4 is 17.4 Å². The maximum Gasteiger partial charge on any atom is 0.255 e. The summed E-state index contributed by atoms with van der Waals surface area (Å²) in [4.78, 5) is 24.1. The van der Waals surface area contributed by atoms with Crippen LogP contribution in [0.15, 0.2) is 48.5 Å². The first kappa shape index (κ1) is 16.7. The molecule has 0 bridgehead atoms. The second kappa shape index (κ2) is 8.13. The zero-order chi connectivity index (χ0) is 16.7. The maximum absolute atomic E-state index is 12.1. The molecule has 0 saturated heterocycles. The van der Waals surface area contributed by atoms with Crippen LogP contribution in [0.4, 0.5) is 5.69 Å². The Bertz CT molecular complexity index is 660. The number of ketones is 1. The normalized spacial score (nSPS) is 10.3. The number of carbonyl (C=O) groups is 2. The largest absolute Gasteiger partial charge is 0.508 e. The molecule has 2 N–H and O–H groups in total. The second-order valence-corrected chi connectivity index (χ2v) is 5.46. The Morgan fingerprint density at radius 3 is 2.13 bits per heavy atom. The van der Waals surface area contributed by atoms with Crippen LogP contribution in [0.5, 0.6) is 5.75 Å². The summed E-state index contributed by atoms with van der Waals surface area (Å²) in [5, 5.41) is 12.0. The molecular formula is C19H21NO3. The minimum absolute atomic E-state index is 0.118. The number of Topliss-reactive ketones (excluding diaryl/α,β-unsaturated/α-hetero) is 1. The van der Waals surface area contributed by atoms with E-state index in [4.69, 9.17) is 0 Å². The van der Waals surface area contributed by atoms with E-state index in [9.17, 15) is 14.7 Å². The molecule has 0 fully saturated rings. The van der Waals surface area contributed by atoms with Crippen molar-refractivity contribution in [3.8, 4) is 5.75 Å². The monoisotopic (exact) mass is 311 g/mol. The highest BCUT2D eigenvalue weighted by atomic mass is 16.3. The molecule has 0 aromatic heterocycles. The predicted molar refractivity (Wildman–Crippen MR) is 91.0 cm³/mol. The van der Waals surface area contributed by atoms with E-state index in [1.807, 2.05) is 0 Å². The number of phenols is 1. The van der Waals surface area contributed by atoms with Crippen molar-refractivity contribution in [2.24, 2.45) is 0 Å². The van der Waals surface area contributed by atoms with E-state index in [0.29, 0.717) is 23.2 Å². The van der Waals surface area contributed by atoms with Gasteiger partial charge in [-0.25, -0.2) is 0 Å². The number of benzene rings is 2. The van der Waals surface area contributed by atoms with Crippen LogP contribution in [0.2, 0.25) is 0 Å². The summed E-state index contributed by atoms with van der Waals surface area (Å²) in [5.74, 6) is -0.00521. The number of phenolic OH excluding ortho intramolecular Hbond substituents is 1. The van der Waals surface area contributed by atoms with E-state index in [0.717, 1.165) is 19.3 Å². The van der Waals surface area contributed by atoms with Gasteiger partial charge in [-0.15, -0.1) is 0 Å². The van der Waals surface area contributed by atoms with Gasteiger partial charge in [-0.05, 0) is 55.0 Å². The van der Waals surface area contributed by atoms with Crippen LogP contribution >= 0.6 is 0 Å². The number of rotatable bonds is 7. The Kier molecular flexibility index (Phi) is 5.92. The Labute approximate surface area is 136 Å². The molecular weight excluding hydrogens is 290 g/mol. The van der Waals surface area contributed by atoms with Crippen LogP contribution in [0.25, 0.3) is 0 Å². The SMILES string of the molecule is CCCCCC(=O)c1ccc(NC(=O)c2ccc(O)cc2)cc1. The zero-order valence-corrected chi connectivity index (χ0v) is 13.2. The third-order valence-electron chi connectivity index (χ3n) is 3.60. The first-order valence-corrected chi connectivity index (χ1v) is 7.84. The summed E-state index contributed by atoms with van der Waals surface area (Å²) < 4.78 is 0. The van der Waals surface area contributed by atoms with Crippen LogP contribution < -0.4 is 5.32 Å². The van der Waals surface area contributed by atoms with Crippen LogP contribution in [0.3, 0.4) is 0 Å². The van der Waals surface area contributed by atoms with Crippen LogP contribution in [-0.4, -0.2) is 16.8 Å². The number of amides is 1. The summed E-state index contributed by atoms with van der Waals surface area (Å²) >= 11 is 0. The highest BCUT2D eigenvalue weighted by Gasteiger charge is 2.08. The zero-order valence-electron chi connectivity index (χ0n) is 13.2. The first-order valence-electron chi connectivity index (χ1n) is 7.84. The van der Waals surface area contributed by atoms with E-state index >= 15 is 0 Å². The average Bonchev–Trinajstić information content (AvgIpc) is 2.56. The molecule has 0 aliphatic carbocycles. The number of hydrogen-bond donors (Lipinski definition) is 2. The molecule has 4 heteroatoms. The molecule has 0 saturated carbocycles. The predicted octanol–water partition coefficient (Wildman–Crippen LogP) is 4.41. The van der Waals surface area contributed by atoms with Gasteiger partial charge in [0, 0.05) is 23.2 Å². The summed E-state index contributed by atoms with van der Waals surface area (Å²) in [6.45, 7) is 2.11. The second-order valence-electron chi connectivity index (χ2n) is 5.46. The number of aromatic hydroxyl groups is 1. The number of hydrogen-bond acceptors (Lipinski definition) is 3. The number of carbonyl (C=O) groups excluding carboxylic acids is 2. The quantitative estimate of drug-likeness (QED) is 0.588. The van der Waals surface area contributed by atoms with Gasteiger partial charge in [-0.1, -0.05) is 19.8 Å². The van der Waals surface area contributed by atoms with Gasteiger partial charge in [0.25, 0.3) is 5.91 Å². The average molecular weight is 311 g/mol. The highest BCUT2D eigenvalue weighted by Crippen LogP contribution is 2.15. The molecule has 0 heterocycles. The van der Waals surface area contributed by atoms with Gasteiger partial charge in [0.15, 0.2) is 5.78 Å². The van der Waals surface area contributed by atoms with Gasteiger partial charge in [-0.3, -0.25) is 9.59 Å². The number of unbranched alkanes of at least 4 members (excludes halogenated alkanes) is 2. The Morgan fingerprint density at radius 1 is 0.913 bits per heavy atom. The minimum atomic E-state index is -0.257. The molecule has 2 rings (SSSR count). The summed E-state index contributed by atoms with van der Waals surface area (Å²) in [6.07, 6.45) is 3.63. The fourth-order valence-corrected chi connectivity index (χ4v) is 2.24. The van der Waals surface area contributed by atoms with Crippen molar-refractivity contribution in [3.05, 3.63) is 59.7 Å². The van der Waals surface area contributed by atoms with Crippen molar-refractivity contribution in [1.82, 2.24) is 0 Å². The van der Waals surface area contributed by atoms with Gasteiger partial charge < -0.3 is 10.4 Å². The van der Waals surface area contributed by atoms with Gasteiger partial charge in [0.2, 0.25) is 0 Å². The lowest BCUT2D eigenvalue weighted by atomic mass is 10.0. The Hall–Kier alpha value is -2.62. The lowest BCUT2D eigenvalue weighted by molar-refractivity contribution is 0.0978. The summed E-state index contributed by atoms with van der Waals surface area (Å²) in [7, 11) is 0. The van der Waals surface area contributed by atoms with E-state index in [1.165, 1.54) is 12.1 Å². The van der Waals surface area contributed by atoms with Gasteiger partial charge in [0.1, 0.15) is 5.75 Å². The molecule has 23 heavy (non-hydrogen) atoms. The number of anilines is 1. The molecule has 0 unspecified atom stereocenters. The fourth-order valence-electron chi connectivity index (χ4n) is 2.24. The third kappa shape index (κ3) is 4.95. The van der Waals surface area contributed by atoms with Crippen LogP contribution in [0.1, 0.15) is 53.3 Å². The summed E-state index contributed by atoms with van der Waals surface area (Å²) in [5.41, 5.74) is 1.76. The molecule has 0 radical (unpaired) electrons. The van der Waals surface area contributed by atoms with Crippen LogP contribution in [0, 0.1) is 0 Å². The lowest BCUT2D eigenvalue weighted by Gasteiger charge is -2.07. The lowest BCUT2D eigenvalue weighted by Crippen LogP contribution is -2.11. The van der Waals surface area contributed by atoms with Crippen molar-refractivity contribution in [2.45, 2.75) is 32.6 Å². The van der Waals surface area contributed by atoms with E-state index in [2.05, 4.69) is 12.2 Å². The van der Waals surface area contributed by atoms with E-state index in [1.54, 1.807) is 36.4 Å². The Morgan fingerprint density at radius 2 is 1.52 bits per heavy atom. The molecule has 0 spiro atoms. The van der Waals surface area contributed by atoms with Gasteiger partial charge >= 0.3 is 0 Å². The van der Waals surface area contributed by atoms with Crippen molar-refractivity contribution < 1.29 is 14.7 Å². The van der Waals surface area contributed by atoms with Gasteiger partial charge in [-0.2, -0.15) is 0 Å².